The van der Waals surface area contributed by atoms with Gasteiger partial charge in [0, 0.05) is 10.4 Å². The fourth-order valence-electron chi connectivity index (χ4n) is 1.29. The summed E-state index contributed by atoms with van der Waals surface area (Å²) in [5.74, 6) is -0.350. The molecule has 1 aromatic rings. The summed E-state index contributed by atoms with van der Waals surface area (Å²) < 4.78 is 12.7. The van der Waals surface area contributed by atoms with E-state index in [9.17, 15) is 9.18 Å². The SMILES string of the molecule is CC(Br)C(C)(C)NC(=O)Cc1ccc(F)cc1. The minimum atomic E-state index is -0.308. The second-order valence-corrected chi connectivity index (χ2v) is 6.06. The van der Waals surface area contributed by atoms with Crippen LogP contribution in [-0.4, -0.2) is 16.3 Å². The van der Waals surface area contributed by atoms with Crippen molar-refractivity contribution in [2.24, 2.45) is 0 Å². The second-order valence-electron chi connectivity index (χ2n) is 4.69. The van der Waals surface area contributed by atoms with E-state index in [1.165, 1.54) is 12.1 Å². The van der Waals surface area contributed by atoms with Crippen LogP contribution in [0.15, 0.2) is 24.3 Å². The molecule has 1 rings (SSSR count). The Morgan fingerprint density at radius 1 is 1.41 bits per heavy atom. The zero-order chi connectivity index (χ0) is 13.1. The summed E-state index contributed by atoms with van der Waals surface area (Å²) in [7, 11) is 0. The summed E-state index contributed by atoms with van der Waals surface area (Å²) in [6.45, 7) is 5.89. The highest BCUT2D eigenvalue weighted by atomic mass is 79.9. The van der Waals surface area contributed by atoms with Gasteiger partial charge in [-0.05, 0) is 31.5 Å². The maximum Gasteiger partial charge on any atom is 0.224 e. The molecule has 4 heteroatoms. The van der Waals surface area contributed by atoms with Gasteiger partial charge in [0.05, 0.1) is 6.42 Å². The van der Waals surface area contributed by atoms with E-state index >= 15 is 0 Å². The van der Waals surface area contributed by atoms with Crippen molar-refractivity contribution >= 4 is 21.8 Å². The number of benzene rings is 1. The number of carbonyl (C=O) groups excluding carboxylic acids is 1. The molecule has 0 aliphatic carbocycles. The highest BCUT2D eigenvalue weighted by Crippen LogP contribution is 2.16. The molecular weight excluding hydrogens is 285 g/mol. The van der Waals surface area contributed by atoms with Gasteiger partial charge in [0.15, 0.2) is 0 Å². The van der Waals surface area contributed by atoms with E-state index in [1.807, 2.05) is 20.8 Å². The highest BCUT2D eigenvalue weighted by molar-refractivity contribution is 9.09. The van der Waals surface area contributed by atoms with E-state index in [2.05, 4.69) is 21.2 Å². The largest absolute Gasteiger partial charge is 0.350 e. The molecule has 0 aromatic heterocycles. The predicted molar refractivity (Wildman–Crippen MR) is 70.7 cm³/mol. The Bertz CT molecular complexity index is 387. The van der Waals surface area contributed by atoms with Gasteiger partial charge >= 0.3 is 0 Å². The van der Waals surface area contributed by atoms with Crippen LogP contribution in [0, 0.1) is 5.82 Å². The van der Waals surface area contributed by atoms with Crippen LogP contribution in [0.2, 0.25) is 0 Å². The number of hydrogen-bond acceptors (Lipinski definition) is 1. The lowest BCUT2D eigenvalue weighted by molar-refractivity contribution is -0.121. The minimum absolute atomic E-state index is 0.0621. The van der Waals surface area contributed by atoms with Gasteiger partial charge in [-0.25, -0.2) is 4.39 Å². The third kappa shape index (κ3) is 4.46. The van der Waals surface area contributed by atoms with E-state index in [1.54, 1.807) is 12.1 Å². The van der Waals surface area contributed by atoms with Crippen LogP contribution < -0.4 is 5.32 Å². The quantitative estimate of drug-likeness (QED) is 0.851. The van der Waals surface area contributed by atoms with Crippen molar-refractivity contribution in [3.05, 3.63) is 35.6 Å². The molecule has 0 aliphatic rings. The van der Waals surface area contributed by atoms with Gasteiger partial charge in [-0.15, -0.1) is 0 Å². The number of alkyl halides is 1. The molecule has 0 heterocycles. The number of amides is 1. The molecule has 0 bridgehead atoms. The number of carbonyl (C=O) groups is 1. The molecule has 0 aliphatic heterocycles. The number of halogens is 2. The summed E-state index contributed by atoms with van der Waals surface area (Å²) in [4.78, 5) is 12.0. The summed E-state index contributed by atoms with van der Waals surface area (Å²) in [6.07, 6.45) is 0.267. The van der Waals surface area contributed by atoms with E-state index < -0.39 is 0 Å². The Hall–Kier alpha value is -0.900. The predicted octanol–water partition coefficient (Wildman–Crippen LogP) is 3.05. The van der Waals surface area contributed by atoms with Crippen molar-refractivity contribution < 1.29 is 9.18 Å². The number of hydrogen-bond donors (Lipinski definition) is 1. The molecule has 0 radical (unpaired) electrons. The van der Waals surface area contributed by atoms with Gasteiger partial charge in [-0.2, -0.15) is 0 Å². The van der Waals surface area contributed by atoms with Gasteiger partial charge in [0.25, 0.3) is 0 Å². The zero-order valence-corrected chi connectivity index (χ0v) is 11.8. The molecule has 2 nitrogen and oxygen atoms in total. The molecule has 0 saturated carbocycles. The van der Waals surface area contributed by atoms with E-state index in [0.717, 1.165) is 5.56 Å². The standard InChI is InChI=1S/C13H17BrFNO/c1-9(14)13(2,3)16-12(17)8-10-4-6-11(15)7-5-10/h4-7,9H,8H2,1-3H3,(H,16,17). The summed E-state index contributed by atoms with van der Waals surface area (Å²) >= 11 is 3.46. The van der Waals surface area contributed by atoms with Crippen LogP contribution in [0.4, 0.5) is 4.39 Å². The van der Waals surface area contributed by atoms with Crippen LogP contribution in [0.5, 0.6) is 0 Å². The van der Waals surface area contributed by atoms with Crippen molar-refractivity contribution in [1.82, 2.24) is 5.32 Å². The van der Waals surface area contributed by atoms with E-state index in [-0.39, 0.29) is 28.5 Å². The lowest BCUT2D eigenvalue weighted by Crippen LogP contribution is -2.49. The Balaban J connectivity index is 2.59. The fourth-order valence-corrected chi connectivity index (χ4v) is 1.41. The molecule has 0 spiro atoms. The number of rotatable bonds is 4. The van der Waals surface area contributed by atoms with Crippen molar-refractivity contribution in [1.29, 1.82) is 0 Å². The van der Waals surface area contributed by atoms with E-state index in [0.29, 0.717) is 0 Å². The first-order valence-corrected chi connectivity index (χ1v) is 6.42. The minimum Gasteiger partial charge on any atom is -0.350 e. The highest BCUT2D eigenvalue weighted by Gasteiger charge is 2.25. The Morgan fingerprint density at radius 3 is 2.41 bits per heavy atom. The van der Waals surface area contributed by atoms with Crippen molar-refractivity contribution in [3.8, 4) is 0 Å². The monoisotopic (exact) mass is 301 g/mol. The molecular formula is C13H17BrFNO. The van der Waals surface area contributed by atoms with E-state index in [4.69, 9.17) is 0 Å². The molecule has 1 unspecified atom stereocenters. The maximum absolute atomic E-state index is 12.7. The van der Waals surface area contributed by atoms with Crippen LogP contribution >= 0.6 is 15.9 Å². The molecule has 0 saturated heterocycles. The van der Waals surface area contributed by atoms with Gasteiger partial charge in [0.2, 0.25) is 5.91 Å². The summed E-state index contributed by atoms with van der Waals surface area (Å²) in [5.41, 5.74) is 0.499. The third-order valence-electron chi connectivity index (χ3n) is 2.73. The molecule has 1 aromatic carbocycles. The smallest absolute Gasteiger partial charge is 0.224 e. The van der Waals surface area contributed by atoms with Gasteiger partial charge < -0.3 is 5.32 Å². The van der Waals surface area contributed by atoms with Crippen LogP contribution in [0.1, 0.15) is 26.3 Å². The average molecular weight is 302 g/mol. The first-order chi connectivity index (χ1) is 7.81. The second kappa shape index (κ2) is 5.63. The van der Waals surface area contributed by atoms with Crippen molar-refractivity contribution in [3.63, 3.8) is 0 Å². The topological polar surface area (TPSA) is 29.1 Å². The van der Waals surface area contributed by atoms with Crippen molar-refractivity contribution in [2.75, 3.05) is 0 Å². The van der Waals surface area contributed by atoms with Crippen LogP contribution in [0.25, 0.3) is 0 Å². The molecule has 17 heavy (non-hydrogen) atoms. The molecule has 94 valence electrons. The Labute approximate surface area is 110 Å². The van der Waals surface area contributed by atoms with Crippen LogP contribution in [-0.2, 0) is 11.2 Å². The molecule has 0 fully saturated rings. The summed E-state index contributed by atoms with van der Waals surface area (Å²) in [5, 5.41) is 2.94. The maximum atomic E-state index is 12.7. The fraction of sp³-hybridized carbons (Fsp3) is 0.462. The zero-order valence-electron chi connectivity index (χ0n) is 10.3. The van der Waals surface area contributed by atoms with Crippen molar-refractivity contribution in [2.45, 2.75) is 37.6 Å². The lowest BCUT2D eigenvalue weighted by atomic mass is 10.0. The Morgan fingerprint density at radius 2 is 1.94 bits per heavy atom. The first-order valence-electron chi connectivity index (χ1n) is 5.51. The van der Waals surface area contributed by atoms with Gasteiger partial charge in [-0.3, -0.25) is 4.79 Å². The normalized spacial score (nSPS) is 13.2. The first kappa shape index (κ1) is 14.2. The third-order valence-corrected chi connectivity index (χ3v) is 3.88. The van der Waals surface area contributed by atoms with Gasteiger partial charge in [-0.1, -0.05) is 35.0 Å². The molecule has 1 amide bonds. The molecule has 1 N–H and O–H groups in total. The lowest BCUT2D eigenvalue weighted by Gasteiger charge is -2.29. The molecule has 1 atom stereocenters. The van der Waals surface area contributed by atoms with Crippen LogP contribution in [0.3, 0.4) is 0 Å². The number of nitrogens with one attached hydrogen (secondary N) is 1. The summed E-state index contributed by atoms with van der Waals surface area (Å²) in [6, 6.07) is 5.97. The average Bonchev–Trinajstić information content (AvgIpc) is 2.20. The Kier molecular flexibility index (Phi) is 4.69. The van der Waals surface area contributed by atoms with Gasteiger partial charge in [0.1, 0.15) is 5.82 Å².